The summed E-state index contributed by atoms with van der Waals surface area (Å²) in [5, 5.41) is 0. The van der Waals surface area contributed by atoms with E-state index in [0.717, 1.165) is 35.0 Å². The van der Waals surface area contributed by atoms with Crippen molar-refractivity contribution in [3.63, 3.8) is 0 Å². The Morgan fingerprint density at radius 3 is 3.00 bits per heavy atom. The predicted octanol–water partition coefficient (Wildman–Crippen LogP) is 2.71. The summed E-state index contributed by atoms with van der Waals surface area (Å²) in [4.78, 5) is 14.5. The first-order chi connectivity index (χ1) is 8.65. The van der Waals surface area contributed by atoms with Gasteiger partial charge in [0.15, 0.2) is 0 Å². The molecule has 0 aromatic heterocycles. The largest absolute Gasteiger partial charge is 0.334 e. The lowest BCUT2D eigenvalue weighted by Gasteiger charge is -2.35. The third kappa shape index (κ3) is 2.59. The lowest BCUT2D eigenvalue weighted by molar-refractivity contribution is 0.0622. The molecule has 1 fully saturated rings. The van der Waals surface area contributed by atoms with Gasteiger partial charge in [-0.05, 0) is 53.7 Å². The molecule has 18 heavy (non-hydrogen) atoms. The molecule has 0 saturated carbocycles. The Morgan fingerprint density at radius 2 is 2.28 bits per heavy atom. The first kappa shape index (κ1) is 13.6. The van der Waals surface area contributed by atoms with Gasteiger partial charge >= 0.3 is 0 Å². The molecule has 0 radical (unpaired) electrons. The molecule has 2 rings (SSSR count). The van der Waals surface area contributed by atoms with Crippen molar-refractivity contribution >= 4 is 21.8 Å². The summed E-state index contributed by atoms with van der Waals surface area (Å²) in [5.41, 5.74) is 7.60. The molecule has 0 spiro atoms. The van der Waals surface area contributed by atoms with Crippen LogP contribution in [0, 0.1) is 6.92 Å². The van der Waals surface area contributed by atoms with Crippen molar-refractivity contribution in [2.75, 3.05) is 13.1 Å². The number of carbonyl (C=O) groups excluding carboxylic acids is 1. The Labute approximate surface area is 116 Å². The third-order valence-corrected chi connectivity index (χ3v) is 4.63. The van der Waals surface area contributed by atoms with Crippen molar-refractivity contribution in [1.29, 1.82) is 0 Å². The van der Waals surface area contributed by atoms with Gasteiger partial charge in [0.1, 0.15) is 0 Å². The van der Waals surface area contributed by atoms with Crippen LogP contribution in [0.1, 0.15) is 35.2 Å². The van der Waals surface area contributed by atoms with E-state index in [1.807, 2.05) is 30.0 Å². The standard InChI is InChI=1S/C14H19BrN2O/c1-10-5-4-7-12(13(10)15)14(18)17-8-3-2-6-11(17)9-16/h4-5,7,11H,2-3,6,8-9,16H2,1H3. The van der Waals surface area contributed by atoms with Crippen LogP contribution in [0.5, 0.6) is 0 Å². The molecule has 98 valence electrons. The second kappa shape index (κ2) is 5.85. The minimum absolute atomic E-state index is 0.0979. The Morgan fingerprint density at radius 1 is 1.50 bits per heavy atom. The number of likely N-dealkylation sites (tertiary alicyclic amines) is 1. The molecule has 1 aromatic rings. The first-order valence-electron chi connectivity index (χ1n) is 6.41. The summed E-state index contributed by atoms with van der Waals surface area (Å²) in [6, 6.07) is 5.99. The number of piperidine rings is 1. The van der Waals surface area contributed by atoms with Gasteiger partial charge in [0.2, 0.25) is 0 Å². The predicted molar refractivity (Wildman–Crippen MR) is 76.6 cm³/mol. The number of rotatable bonds is 2. The first-order valence-corrected chi connectivity index (χ1v) is 7.20. The van der Waals surface area contributed by atoms with Crippen molar-refractivity contribution in [2.24, 2.45) is 5.73 Å². The van der Waals surface area contributed by atoms with E-state index >= 15 is 0 Å². The van der Waals surface area contributed by atoms with Gasteiger partial charge < -0.3 is 10.6 Å². The van der Waals surface area contributed by atoms with E-state index in [4.69, 9.17) is 5.73 Å². The fraction of sp³-hybridized carbons (Fsp3) is 0.500. The molecule has 1 saturated heterocycles. The van der Waals surface area contributed by atoms with Crippen LogP contribution in [0.15, 0.2) is 22.7 Å². The molecule has 0 aliphatic carbocycles. The minimum Gasteiger partial charge on any atom is -0.334 e. The van der Waals surface area contributed by atoms with Gasteiger partial charge in [-0.15, -0.1) is 0 Å². The topological polar surface area (TPSA) is 46.3 Å². The van der Waals surface area contributed by atoms with E-state index < -0.39 is 0 Å². The number of nitrogens with zero attached hydrogens (tertiary/aromatic N) is 1. The molecule has 4 heteroatoms. The second-order valence-corrected chi connectivity index (χ2v) is 5.61. The van der Waals surface area contributed by atoms with Gasteiger partial charge in [0.25, 0.3) is 5.91 Å². The molecule has 2 N–H and O–H groups in total. The lowest BCUT2D eigenvalue weighted by atomic mass is 10.0. The van der Waals surface area contributed by atoms with Crippen molar-refractivity contribution in [3.8, 4) is 0 Å². The maximum atomic E-state index is 12.6. The van der Waals surface area contributed by atoms with Crippen LogP contribution in [-0.2, 0) is 0 Å². The smallest absolute Gasteiger partial charge is 0.255 e. The Balaban J connectivity index is 2.27. The summed E-state index contributed by atoms with van der Waals surface area (Å²) in [6.07, 6.45) is 3.26. The van der Waals surface area contributed by atoms with E-state index in [-0.39, 0.29) is 11.9 Å². The molecule has 0 bridgehead atoms. The lowest BCUT2D eigenvalue weighted by Crippen LogP contribution is -2.47. The van der Waals surface area contributed by atoms with E-state index in [9.17, 15) is 4.79 Å². The number of benzene rings is 1. The van der Waals surface area contributed by atoms with Crippen LogP contribution in [0.3, 0.4) is 0 Å². The van der Waals surface area contributed by atoms with Gasteiger partial charge in [-0.1, -0.05) is 12.1 Å². The monoisotopic (exact) mass is 310 g/mol. The van der Waals surface area contributed by atoms with Gasteiger partial charge in [-0.2, -0.15) is 0 Å². The Hall–Kier alpha value is -0.870. The number of halogens is 1. The summed E-state index contributed by atoms with van der Waals surface area (Å²) in [6.45, 7) is 3.37. The quantitative estimate of drug-likeness (QED) is 0.913. The van der Waals surface area contributed by atoms with Crippen LogP contribution in [0.4, 0.5) is 0 Å². The number of nitrogens with two attached hydrogens (primary N) is 1. The summed E-state index contributed by atoms with van der Waals surface area (Å²) in [7, 11) is 0. The molecular weight excluding hydrogens is 292 g/mol. The summed E-state index contributed by atoms with van der Waals surface area (Å²) in [5.74, 6) is 0.0979. The molecule has 1 unspecified atom stereocenters. The van der Waals surface area contributed by atoms with Gasteiger partial charge in [-0.25, -0.2) is 0 Å². The highest BCUT2D eigenvalue weighted by Crippen LogP contribution is 2.25. The fourth-order valence-electron chi connectivity index (χ4n) is 2.48. The van der Waals surface area contributed by atoms with E-state index in [1.54, 1.807) is 0 Å². The van der Waals surface area contributed by atoms with Crippen molar-refractivity contribution in [2.45, 2.75) is 32.2 Å². The summed E-state index contributed by atoms with van der Waals surface area (Å²) < 4.78 is 0.899. The zero-order valence-electron chi connectivity index (χ0n) is 10.7. The molecule has 1 atom stereocenters. The highest BCUT2D eigenvalue weighted by atomic mass is 79.9. The number of hydrogen-bond donors (Lipinski definition) is 1. The maximum Gasteiger partial charge on any atom is 0.255 e. The second-order valence-electron chi connectivity index (χ2n) is 4.82. The van der Waals surface area contributed by atoms with Crippen molar-refractivity contribution in [3.05, 3.63) is 33.8 Å². The van der Waals surface area contributed by atoms with Gasteiger partial charge in [0.05, 0.1) is 5.56 Å². The normalized spacial score (nSPS) is 19.9. The SMILES string of the molecule is Cc1cccc(C(=O)N2CCCCC2CN)c1Br. The van der Waals surface area contributed by atoms with Crippen molar-refractivity contribution in [1.82, 2.24) is 4.90 Å². The average molecular weight is 311 g/mol. The zero-order valence-corrected chi connectivity index (χ0v) is 12.2. The molecule has 1 aliphatic rings. The van der Waals surface area contributed by atoms with Crippen LogP contribution in [0.2, 0.25) is 0 Å². The highest BCUT2D eigenvalue weighted by Gasteiger charge is 2.27. The van der Waals surface area contributed by atoms with Gasteiger partial charge in [-0.3, -0.25) is 4.79 Å². The molecule has 1 heterocycles. The fourth-order valence-corrected chi connectivity index (χ4v) is 2.91. The van der Waals surface area contributed by atoms with E-state index in [0.29, 0.717) is 6.54 Å². The van der Waals surface area contributed by atoms with Crippen LogP contribution >= 0.6 is 15.9 Å². The Bertz CT molecular complexity index is 447. The number of amides is 1. The van der Waals surface area contributed by atoms with E-state index in [2.05, 4.69) is 15.9 Å². The van der Waals surface area contributed by atoms with Crippen LogP contribution in [0.25, 0.3) is 0 Å². The number of aryl methyl sites for hydroxylation is 1. The number of hydrogen-bond acceptors (Lipinski definition) is 2. The maximum absolute atomic E-state index is 12.6. The summed E-state index contributed by atoms with van der Waals surface area (Å²) >= 11 is 3.51. The zero-order chi connectivity index (χ0) is 13.1. The van der Waals surface area contributed by atoms with Crippen LogP contribution in [-0.4, -0.2) is 29.9 Å². The third-order valence-electron chi connectivity index (χ3n) is 3.58. The highest BCUT2D eigenvalue weighted by molar-refractivity contribution is 9.10. The molecule has 1 aliphatic heterocycles. The molecular formula is C14H19BrN2O. The molecule has 1 aromatic carbocycles. The number of carbonyl (C=O) groups is 1. The van der Waals surface area contributed by atoms with Crippen molar-refractivity contribution < 1.29 is 4.79 Å². The van der Waals surface area contributed by atoms with Crippen LogP contribution < -0.4 is 5.73 Å². The molecule has 1 amide bonds. The average Bonchev–Trinajstić information content (AvgIpc) is 2.41. The molecule has 3 nitrogen and oxygen atoms in total. The van der Waals surface area contributed by atoms with Gasteiger partial charge in [0, 0.05) is 23.6 Å². The minimum atomic E-state index is 0.0979. The Kier molecular flexibility index (Phi) is 4.40. The van der Waals surface area contributed by atoms with E-state index in [1.165, 1.54) is 6.42 Å².